The van der Waals surface area contributed by atoms with E-state index in [2.05, 4.69) is 0 Å². The Morgan fingerprint density at radius 2 is 1.79 bits per heavy atom. The van der Waals surface area contributed by atoms with Gasteiger partial charge in [0.15, 0.2) is 11.5 Å². The summed E-state index contributed by atoms with van der Waals surface area (Å²) in [5.74, 6) is -2.04. The largest absolute Gasteiger partial charge is 0.504 e. The van der Waals surface area contributed by atoms with Gasteiger partial charge >= 0.3 is 5.97 Å². The molecule has 2 fully saturated rings. The van der Waals surface area contributed by atoms with E-state index in [1.54, 1.807) is 0 Å². The fourth-order valence-electron chi connectivity index (χ4n) is 3.75. The molecule has 1 amide bonds. The van der Waals surface area contributed by atoms with Gasteiger partial charge in [0.25, 0.3) is 5.91 Å². The number of nitrogens with zero attached hydrogens (tertiary/aromatic N) is 1. The Balaban J connectivity index is 1.67. The Kier molecular flexibility index (Phi) is 6.11. The number of hydrogen-bond donors (Lipinski definition) is 5. The first-order chi connectivity index (χ1) is 13.7. The second-order valence-corrected chi connectivity index (χ2v) is 7.55. The van der Waals surface area contributed by atoms with Crippen LogP contribution in [0, 0.1) is 0 Å². The quantitative estimate of drug-likeness (QED) is 0.264. The van der Waals surface area contributed by atoms with Crippen molar-refractivity contribution in [3.05, 3.63) is 29.8 Å². The van der Waals surface area contributed by atoms with Crippen LogP contribution < -0.4 is 0 Å². The van der Waals surface area contributed by atoms with Crippen LogP contribution >= 0.6 is 0 Å². The van der Waals surface area contributed by atoms with Crippen molar-refractivity contribution in [3.63, 3.8) is 0 Å². The lowest BCUT2D eigenvalue weighted by molar-refractivity contribution is -0.191. The van der Waals surface area contributed by atoms with Gasteiger partial charge in [0.2, 0.25) is 0 Å². The Labute approximate surface area is 167 Å². The molecule has 1 heterocycles. The standard InChI is InChI=1S/C20H25NO8/c22-13-5-3-12(9-14(13)23)4-6-17(25)29-16-11-20(28,10-15(24)18(16)26)19(27)21-7-1-2-8-21/h3-6,9,15-16,18,22-24,26,28H,1-2,7-8,10-11H2/b6-4+/t15-,16-,18+,20-/m1/s1. The number of aromatic hydroxyl groups is 2. The van der Waals surface area contributed by atoms with E-state index in [4.69, 9.17) is 4.74 Å². The highest BCUT2D eigenvalue weighted by Gasteiger charge is 2.51. The number of esters is 1. The van der Waals surface area contributed by atoms with Gasteiger partial charge in [0.05, 0.1) is 6.10 Å². The summed E-state index contributed by atoms with van der Waals surface area (Å²) in [6, 6.07) is 3.96. The highest BCUT2D eigenvalue weighted by Crippen LogP contribution is 2.33. The first-order valence-electron chi connectivity index (χ1n) is 9.48. The summed E-state index contributed by atoms with van der Waals surface area (Å²) in [4.78, 5) is 26.3. The number of carbonyl (C=O) groups is 2. The molecule has 0 radical (unpaired) electrons. The van der Waals surface area contributed by atoms with Crippen LogP contribution in [0.2, 0.25) is 0 Å². The zero-order chi connectivity index (χ0) is 21.2. The highest BCUT2D eigenvalue weighted by molar-refractivity contribution is 5.88. The van der Waals surface area contributed by atoms with Crippen LogP contribution in [0.3, 0.4) is 0 Å². The number of aliphatic hydroxyl groups excluding tert-OH is 2. The van der Waals surface area contributed by atoms with E-state index in [1.165, 1.54) is 29.2 Å². The van der Waals surface area contributed by atoms with Gasteiger partial charge < -0.3 is 35.2 Å². The lowest BCUT2D eigenvalue weighted by atomic mass is 9.78. The number of amides is 1. The molecule has 2 aliphatic rings. The number of likely N-dealkylation sites (tertiary alicyclic amines) is 1. The van der Waals surface area contributed by atoms with E-state index < -0.39 is 35.8 Å². The second-order valence-electron chi connectivity index (χ2n) is 7.55. The van der Waals surface area contributed by atoms with Crippen molar-refractivity contribution in [2.24, 2.45) is 0 Å². The predicted octanol–water partition coefficient (Wildman–Crippen LogP) is -0.108. The first kappa shape index (κ1) is 21.1. The van der Waals surface area contributed by atoms with Crippen molar-refractivity contribution in [1.29, 1.82) is 0 Å². The van der Waals surface area contributed by atoms with E-state index >= 15 is 0 Å². The summed E-state index contributed by atoms with van der Waals surface area (Å²) in [5.41, 5.74) is -1.50. The fraction of sp³-hybridized carbons (Fsp3) is 0.500. The van der Waals surface area contributed by atoms with Gasteiger partial charge in [-0.1, -0.05) is 6.07 Å². The normalized spacial score (nSPS) is 29.9. The van der Waals surface area contributed by atoms with Gasteiger partial charge in [-0.2, -0.15) is 0 Å². The van der Waals surface area contributed by atoms with Gasteiger partial charge in [-0.05, 0) is 36.6 Å². The fourth-order valence-corrected chi connectivity index (χ4v) is 3.75. The predicted molar refractivity (Wildman–Crippen MR) is 101 cm³/mol. The molecule has 1 aromatic rings. The van der Waals surface area contributed by atoms with Crippen LogP contribution in [0.4, 0.5) is 0 Å². The molecule has 0 aromatic heterocycles. The Hall–Kier alpha value is -2.62. The van der Waals surface area contributed by atoms with Crippen molar-refractivity contribution in [2.45, 2.75) is 49.6 Å². The minimum atomic E-state index is -1.92. The van der Waals surface area contributed by atoms with E-state index in [9.17, 15) is 35.1 Å². The third-order valence-electron chi connectivity index (χ3n) is 5.33. The number of ether oxygens (including phenoxy) is 1. The summed E-state index contributed by atoms with van der Waals surface area (Å²) >= 11 is 0. The van der Waals surface area contributed by atoms with Crippen molar-refractivity contribution >= 4 is 18.0 Å². The number of rotatable bonds is 4. The SMILES string of the molecule is O=C(/C=C/c1ccc(O)c(O)c1)O[C@@H]1C[C@@](O)(C(=O)N2CCCC2)C[C@@H](O)[C@@H]1O. The molecule has 5 N–H and O–H groups in total. The molecule has 29 heavy (non-hydrogen) atoms. The van der Waals surface area contributed by atoms with Gasteiger partial charge in [-0.15, -0.1) is 0 Å². The molecule has 0 spiro atoms. The van der Waals surface area contributed by atoms with E-state index in [0.29, 0.717) is 18.7 Å². The van der Waals surface area contributed by atoms with Gasteiger partial charge in [0, 0.05) is 32.0 Å². The number of hydrogen-bond acceptors (Lipinski definition) is 8. The lowest BCUT2D eigenvalue weighted by Gasteiger charge is -2.42. The first-order valence-corrected chi connectivity index (χ1v) is 9.48. The zero-order valence-electron chi connectivity index (χ0n) is 15.8. The molecule has 4 atom stereocenters. The van der Waals surface area contributed by atoms with E-state index in [-0.39, 0.29) is 24.3 Å². The molecule has 3 rings (SSSR count). The number of phenols is 2. The molecule has 0 bridgehead atoms. The van der Waals surface area contributed by atoms with Crippen molar-refractivity contribution < 1.29 is 39.9 Å². The molecule has 158 valence electrons. The summed E-state index contributed by atoms with van der Waals surface area (Å²) in [6.07, 6.45) is -0.726. The molecule has 1 saturated heterocycles. The maximum Gasteiger partial charge on any atom is 0.331 e. The molecule has 1 aliphatic carbocycles. The topological polar surface area (TPSA) is 148 Å². The minimum absolute atomic E-state index is 0.300. The summed E-state index contributed by atoms with van der Waals surface area (Å²) in [7, 11) is 0. The zero-order valence-corrected chi connectivity index (χ0v) is 15.8. The average molecular weight is 407 g/mol. The van der Waals surface area contributed by atoms with Crippen LogP contribution in [0.25, 0.3) is 6.08 Å². The molecule has 0 unspecified atom stereocenters. The molecule has 9 heteroatoms. The van der Waals surface area contributed by atoms with Gasteiger partial charge in [0.1, 0.15) is 17.8 Å². The molecule has 9 nitrogen and oxygen atoms in total. The van der Waals surface area contributed by atoms with Gasteiger partial charge in [-0.25, -0.2) is 4.79 Å². The number of aliphatic hydroxyl groups is 3. The average Bonchev–Trinajstić information content (AvgIpc) is 3.20. The third kappa shape index (κ3) is 4.69. The minimum Gasteiger partial charge on any atom is -0.504 e. The Morgan fingerprint density at radius 3 is 2.45 bits per heavy atom. The highest BCUT2D eigenvalue weighted by atomic mass is 16.6. The Bertz CT molecular complexity index is 804. The molecule has 1 saturated carbocycles. The van der Waals surface area contributed by atoms with Crippen LogP contribution in [-0.2, 0) is 14.3 Å². The number of phenolic OH excluding ortho intramolecular Hbond substituents is 2. The third-order valence-corrected chi connectivity index (χ3v) is 5.33. The molecule has 1 aromatic carbocycles. The van der Waals surface area contributed by atoms with Crippen molar-refractivity contribution in [3.8, 4) is 11.5 Å². The maximum atomic E-state index is 12.7. The van der Waals surface area contributed by atoms with E-state index in [1.807, 2.05) is 0 Å². The summed E-state index contributed by atoms with van der Waals surface area (Å²) < 4.78 is 5.18. The lowest BCUT2D eigenvalue weighted by Crippen LogP contribution is -2.60. The monoisotopic (exact) mass is 407 g/mol. The summed E-state index contributed by atoms with van der Waals surface area (Å²) in [5, 5.41) is 49.9. The summed E-state index contributed by atoms with van der Waals surface area (Å²) in [6.45, 7) is 1.04. The van der Waals surface area contributed by atoms with Crippen LogP contribution in [0.15, 0.2) is 24.3 Å². The maximum absolute atomic E-state index is 12.7. The van der Waals surface area contributed by atoms with Crippen LogP contribution in [0.1, 0.15) is 31.2 Å². The number of carbonyl (C=O) groups excluding carboxylic acids is 2. The molecular formula is C20H25NO8. The van der Waals surface area contributed by atoms with Crippen molar-refractivity contribution in [1.82, 2.24) is 4.90 Å². The Morgan fingerprint density at radius 1 is 1.10 bits per heavy atom. The van der Waals surface area contributed by atoms with E-state index in [0.717, 1.165) is 18.9 Å². The molecular weight excluding hydrogens is 382 g/mol. The second kappa shape index (κ2) is 8.40. The van der Waals surface area contributed by atoms with Crippen molar-refractivity contribution in [2.75, 3.05) is 13.1 Å². The van der Waals surface area contributed by atoms with Crippen LogP contribution in [0.5, 0.6) is 11.5 Å². The molecule has 1 aliphatic heterocycles. The van der Waals surface area contributed by atoms with Crippen LogP contribution in [-0.4, -0.2) is 79.3 Å². The number of benzene rings is 1. The smallest absolute Gasteiger partial charge is 0.331 e. The van der Waals surface area contributed by atoms with Gasteiger partial charge in [-0.3, -0.25) is 4.79 Å².